The van der Waals surface area contributed by atoms with Gasteiger partial charge in [0.25, 0.3) is 5.91 Å². The molecule has 0 aliphatic carbocycles. The molecule has 2 N–H and O–H groups in total. The molecule has 2 aromatic carbocycles. The van der Waals surface area contributed by atoms with Crippen LogP contribution in [0.3, 0.4) is 0 Å². The summed E-state index contributed by atoms with van der Waals surface area (Å²) >= 11 is 0. The van der Waals surface area contributed by atoms with E-state index >= 15 is 0 Å². The maximum absolute atomic E-state index is 12.7. The number of hydrogen-bond acceptors (Lipinski definition) is 5. The predicted octanol–water partition coefficient (Wildman–Crippen LogP) is 2.08. The summed E-state index contributed by atoms with van der Waals surface area (Å²) in [6.07, 6.45) is 1.62. The van der Waals surface area contributed by atoms with Gasteiger partial charge < -0.3 is 15.4 Å². The third-order valence-electron chi connectivity index (χ3n) is 5.20. The molecule has 0 atom stereocenters. The van der Waals surface area contributed by atoms with Crippen molar-refractivity contribution < 1.29 is 14.3 Å². The predicted molar refractivity (Wildman–Crippen MR) is 113 cm³/mol. The number of ether oxygens (including phenoxy) is 1. The van der Waals surface area contributed by atoms with Gasteiger partial charge in [0.2, 0.25) is 5.91 Å². The second kappa shape index (κ2) is 10.4. The molecule has 0 bridgehead atoms. The normalized spacial score (nSPS) is 14.5. The lowest BCUT2D eigenvalue weighted by Gasteiger charge is -2.31. The molecule has 3 rings (SSSR count). The van der Waals surface area contributed by atoms with Crippen molar-refractivity contribution in [1.82, 2.24) is 15.5 Å². The van der Waals surface area contributed by atoms with Crippen molar-refractivity contribution in [3.63, 3.8) is 0 Å². The Hall–Kier alpha value is -3.37. The van der Waals surface area contributed by atoms with E-state index in [1.807, 2.05) is 18.2 Å². The summed E-state index contributed by atoms with van der Waals surface area (Å²) in [6, 6.07) is 16.6. The Morgan fingerprint density at radius 1 is 1.17 bits per heavy atom. The lowest BCUT2D eigenvalue weighted by atomic mass is 10.0. The zero-order valence-electron chi connectivity index (χ0n) is 17.1. The average molecular weight is 406 g/mol. The summed E-state index contributed by atoms with van der Waals surface area (Å²) in [5.74, 6) is 0.449. The Balaban J connectivity index is 1.52. The molecule has 0 radical (unpaired) electrons. The van der Waals surface area contributed by atoms with E-state index < -0.39 is 0 Å². The molecule has 0 saturated carbocycles. The Morgan fingerprint density at radius 2 is 1.93 bits per heavy atom. The van der Waals surface area contributed by atoms with Crippen molar-refractivity contribution in [3.8, 4) is 11.8 Å². The van der Waals surface area contributed by atoms with Crippen LogP contribution in [0.15, 0.2) is 48.5 Å². The summed E-state index contributed by atoms with van der Waals surface area (Å²) in [5.41, 5.74) is 1.92. The highest BCUT2D eigenvalue weighted by Gasteiger charge is 2.22. The highest BCUT2D eigenvalue weighted by atomic mass is 16.5. The topological polar surface area (TPSA) is 94.5 Å². The summed E-state index contributed by atoms with van der Waals surface area (Å²) in [4.78, 5) is 26.2. The standard InChI is InChI=1S/C23H26N4O3/c1-25-22(28)15-27-11-9-20(10-12-27)26-23(29)17-7-4-8-21(13-17)30-16-19-6-3-2-5-18(19)14-24/h2-8,13,20H,9-12,15-16H2,1H3,(H,25,28)(H,26,29). The maximum Gasteiger partial charge on any atom is 0.251 e. The quantitative estimate of drug-likeness (QED) is 0.734. The summed E-state index contributed by atoms with van der Waals surface area (Å²) in [5, 5.41) is 14.9. The minimum atomic E-state index is -0.136. The first kappa shape index (κ1) is 21.3. The molecular formula is C23H26N4O3. The van der Waals surface area contributed by atoms with Gasteiger partial charge in [-0.25, -0.2) is 0 Å². The van der Waals surface area contributed by atoms with Crippen LogP contribution in [-0.4, -0.2) is 49.4 Å². The largest absolute Gasteiger partial charge is 0.489 e. The van der Waals surface area contributed by atoms with Gasteiger partial charge in [0.1, 0.15) is 12.4 Å². The van der Waals surface area contributed by atoms with E-state index in [-0.39, 0.29) is 24.5 Å². The minimum absolute atomic E-state index is 0.00620. The van der Waals surface area contributed by atoms with Gasteiger partial charge in [0.15, 0.2) is 0 Å². The molecule has 30 heavy (non-hydrogen) atoms. The van der Waals surface area contributed by atoms with Crippen molar-refractivity contribution >= 4 is 11.8 Å². The van der Waals surface area contributed by atoms with Crippen LogP contribution in [0.1, 0.15) is 34.3 Å². The summed E-state index contributed by atoms with van der Waals surface area (Å²) in [7, 11) is 1.63. The van der Waals surface area contributed by atoms with Crippen molar-refractivity contribution in [1.29, 1.82) is 5.26 Å². The first-order valence-corrected chi connectivity index (χ1v) is 10.0. The van der Waals surface area contributed by atoms with Gasteiger partial charge >= 0.3 is 0 Å². The van der Waals surface area contributed by atoms with Crippen molar-refractivity contribution in [2.45, 2.75) is 25.5 Å². The fourth-order valence-corrected chi connectivity index (χ4v) is 3.43. The second-order valence-corrected chi connectivity index (χ2v) is 7.28. The number of likely N-dealkylation sites (tertiary alicyclic amines) is 1. The third kappa shape index (κ3) is 5.82. The number of carbonyl (C=O) groups is 2. The number of rotatable bonds is 7. The molecule has 1 fully saturated rings. The third-order valence-corrected chi connectivity index (χ3v) is 5.20. The molecule has 0 unspecified atom stereocenters. The SMILES string of the molecule is CNC(=O)CN1CCC(NC(=O)c2cccc(OCc3ccccc3C#N)c2)CC1. The Morgan fingerprint density at radius 3 is 2.67 bits per heavy atom. The zero-order chi connectivity index (χ0) is 21.3. The van der Waals surface area contributed by atoms with Crippen LogP contribution in [0.2, 0.25) is 0 Å². The molecular weight excluding hydrogens is 380 g/mol. The zero-order valence-corrected chi connectivity index (χ0v) is 17.1. The van der Waals surface area contributed by atoms with Crippen molar-refractivity contribution in [2.75, 3.05) is 26.7 Å². The number of nitriles is 1. The van der Waals surface area contributed by atoms with Gasteiger partial charge in [0.05, 0.1) is 18.2 Å². The second-order valence-electron chi connectivity index (χ2n) is 7.28. The van der Waals surface area contributed by atoms with Crippen LogP contribution >= 0.6 is 0 Å². The van der Waals surface area contributed by atoms with E-state index in [1.165, 1.54) is 0 Å². The number of carbonyl (C=O) groups excluding carboxylic acids is 2. The Labute approximate surface area is 176 Å². The van der Waals surface area contributed by atoms with Crippen molar-refractivity contribution in [3.05, 3.63) is 65.2 Å². The van der Waals surface area contributed by atoms with Gasteiger partial charge in [0, 0.05) is 37.3 Å². The van der Waals surface area contributed by atoms with Gasteiger partial charge in [-0.05, 0) is 37.1 Å². The summed E-state index contributed by atoms with van der Waals surface area (Å²) < 4.78 is 5.80. The Kier molecular flexibility index (Phi) is 7.41. The lowest BCUT2D eigenvalue weighted by Crippen LogP contribution is -2.47. The molecule has 1 aliphatic rings. The molecule has 1 saturated heterocycles. The van der Waals surface area contributed by atoms with Gasteiger partial charge in [-0.3, -0.25) is 14.5 Å². The lowest BCUT2D eigenvalue weighted by molar-refractivity contribution is -0.122. The van der Waals surface area contributed by atoms with Gasteiger partial charge in [-0.15, -0.1) is 0 Å². The number of likely N-dealkylation sites (N-methyl/N-ethyl adjacent to an activating group) is 1. The van der Waals surface area contributed by atoms with E-state index in [0.717, 1.165) is 31.5 Å². The fraction of sp³-hybridized carbons (Fsp3) is 0.348. The number of nitrogens with zero attached hydrogens (tertiary/aromatic N) is 2. The smallest absolute Gasteiger partial charge is 0.251 e. The fourth-order valence-electron chi connectivity index (χ4n) is 3.43. The van der Waals surface area contributed by atoms with Gasteiger partial charge in [-0.2, -0.15) is 5.26 Å². The minimum Gasteiger partial charge on any atom is -0.489 e. The van der Waals surface area contributed by atoms with Crippen LogP contribution in [0.5, 0.6) is 5.75 Å². The maximum atomic E-state index is 12.7. The van der Waals surface area contributed by atoms with E-state index in [2.05, 4.69) is 21.6 Å². The van der Waals surface area contributed by atoms with Crippen LogP contribution in [0, 0.1) is 11.3 Å². The Bertz CT molecular complexity index is 930. The number of benzene rings is 2. The van der Waals surface area contributed by atoms with E-state index in [1.54, 1.807) is 37.4 Å². The molecule has 2 aromatic rings. The number of piperidine rings is 1. The molecule has 0 spiro atoms. The van der Waals surface area contributed by atoms with Crippen LogP contribution in [0.4, 0.5) is 0 Å². The summed E-state index contributed by atoms with van der Waals surface area (Å²) in [6.45, 7) is 2.21. The van der Waals surface area contributed by atoms with Crippen LogP contribution in [-0.2, 0) is 11.4 Å². The highest BCUT2D eigenvalue weighted by molar-refractivity contribution is 5.94. The molecule has 2 amide bonds. The number of amides is 2. The molecule has 156 valence electrons. The van der Waals surface area contributed by atoms with E-state index in [4.69, 9.17) is 4.74 Å². The molecule has 0 aromatic heterocycles. The van der Waals surface area contributed by atoms with E-state index in [9.17, 15) is 14.9 Å². The number of nitrogens with one attached hydrogen (secondary N) is 2. The van der Waals surface area contributed by atoms with Gasteiger partial charge in [-0.1, -0.05) is 24.3 Å². The van der Waals surface area contributed by atoms with Crippen molar-refractivity contribution in [2.24, 2.45) is 0 Å². The van der Waals surface area contributed by atoms with Crippen LogP contribution in [0.25, 0.3) is 0 Å². The monoisotopic (exact) mass is 406 g/mol. The number of hydrogen-bond donors (Lipinski definition) is 2. The molecule has 7 heteroatoms. The molecule has 1 heterocycles. The average Bonchev–Trinajstić information content (AvgIpc) is 2.79. The van der Waals surface area contributed by atoms with Crippen LogP contribution < -0.4 is 15.4 Å². The van der Waals surface area contributed by atoms with E-state index in [0.29, 0.717) is 23.4 Å². The first-order chi connectivity index (χ1) is 14.6. The molecule has 1 aliphatic heterocycles. The molecule has 7 nitrogen and oxygen atoms in total. The highest BCUT2D eigenvalue weighted by Crippen LogP contribution is 2.18. The first-order valence-electron chi connectivity index (χ1n) is 10.0.